The molecule has 18 heavy (non-hydrogen) atoms. The lowest BCUT2D eigenvalue weighted by molar-refractivity contribution is -0.385. The van der Waals surface area contributed by atoms with E-state index in [0.29, 0.717) is 30.2 Å². The van der Waals surface area contributed by atoms with Crippen molar-refractivity contribution >= 4 is 23.2 Å². The lowest BCUT2D eigenvalue weighted by Crippen LogP contribution is -2.30. The fraction of sp³-hybridized carbons (Fsp3) is 0.364. The monoisotopic (exact) mass is 271 g/mol. The van der Waals surface area contributed by atoms with E-state index in [1.165, 1.54) is 19.1 Å². The van der Waals surface area contributed by atoms with Crippen LogP contribution in [0.25, 0.3) is 0 Å². The van der Waals surface area contributed by atoms with Gasteiger partial charge >= 0.3 is 0 Å². The number of hydrogen-bond acceptors (Lipinski definition) is 4. The number of halogens is 1. The van der Waals surface area contributed by atoms with E-state index in [2.05, 4.69) is 10.6 Å². The van der Waals surface area contributed by atoms with E-state index >= 15 is 0 Å². The van der Waals surface area contributed by atoms with Gasteiger partial charge in [0.05, 0.1) is 4.92 Å². The molecule has 98 valence electrons. The van der Waals surface area contributed by atoms with Gasteiger partial charge in [0, 0.05) is 43.2 Å². The van der Waals surface area contributed by atoms with Crippen molar-refractivity contribution < 1.29 is 9.72 Å². The second-order valence-corrected chi connectivity index (χ2v) is 4.13. The summed E-state index contributed by atoms with van der Waals surface area (Å²) in [7, 11) is 0. The highest BCUT2D eigenvalue weighted by atomic mass is 35.5. The molecule has 0 aliphatic rings. The molecule has 0 radical (unpaired) electrons. The van der Waals surface area contributed by atoms with Crippen molar-refractivity contribution in [2.45, 2.75) is 13.5 Å². The molecule has 0 spiro atoms. The van der Waals surface area contributed by atoms with Crippen molar-refractivity contribution in [2.75, 3.05) is 13.1 Å². The first-order valence-corrected chi connectivity index (χ1v) is 5.76. The Bertz CT molecular complexity index is 451. The molecule has 6 nitrogen and oxygen atoms in total. The Labute approximate surface area is 109 Å². The molecule has 1 amide bonds. The first-order valence-electron chi connectivity index (χ1n) is 5.38. The molecule has 1 aromatic carbocycles. The van der Waals surface area contributed by atoms with Gasteiger partial charge in [-0.25, -0.2) is 0 Å². The lowest BCUT2D eigenvalue weighted by Gasteiger charge is -2.06. The highest BCUT2D eigenvalue weighted by Gasteiger charge is 2.12. The molecule has 0 aromatic heterocycles. The normalized spacial score (nSPS) is 10.1. The molecule has 0 atom stereocenters. The number of benzene rings is 1. The van der Waals surface area contributed by atoms with Crippen LogP contribution in [0.2, 0.25) is 5.02 Å². The first kappa shape index (κ1) is 14.4. The third-order valence-electron chi connectivity index (χ3n) is 2.23. The van der Waals surface area contributed by atoms with Crippen LogP contribution >= 0.6 is 11.6 Å². The Hall–Kier alpha value is -1.66. The van der Waals surface area contributed by atoms with E-state index in [-0.39, 0.29) is 11.6 Å². The minimum Gasteiger partial charge on any atom is -0.355 e. The van der Waals surface area contributed by atoms with Crippen LogP contribution in [-0.4, -0.2) is 23.9 Å². The van der Waals surface area contributed by atoms with Crippen molar-refractivity contribution in [3.63, 3.8) is 0 Å². The third-order valence-corrected chi connectivity index (χ3v) is 2.46. The fourth-order valence-corrected chi connectivity index (χ4v) is 1.62. The maximum atomic E-state index is 10.8. The van der Waals surface area contributed by atoms with E-state index in [4.69, 9.17) is 11.6 Å². The van der Waals surface area contributed by atoms with Crippen LogP contribution < -0.4 is 10.6 Å². The summed E-state index contributed by atoms with van der Waals surface area (Å²) in [5, 5.41) is 16.9. The van der Waals surface area contributed by atoms with Gasteiger partial charge in [0.15, 0.2) is 0 Å². The molecule has 1 rings (SSSR count). The summed E-state index contributed by atoms with van der Waals surface area (Å²) in [6.45, 7) is 2.77. The zero-order valence-electron chi connectivity index (χ0n) is 9.90. The quantitative estimate of drug-likeness (QED) is 0.466. The molecule has 0 aliphatic carbocycles. The molecular formula is C11H14ClN3O3. The number of nitro benzene ring substituents is 1. The molecule has 0 fully saturated rings. The number of amides is 1. The van der Waals surface area contributed by atoms with Crippen LogP contribution in [0.3, 0.4) is 0 Å². The van der Waals surface area contributed by atoms with Crippen molar-refractivity contribution in [3.8, 4) is 0 Å². The van der Waals surface area contributed by atoms with Gasteiger partial charge < -0.3 is 10.6 Å². The van der Waals surface area contributed by atoms with Crippen LogP contribution in [0.5, 0.6) is 0 Å². The summed E-state index contributed by atoms with van der Waals surface area (Å²) in [6, 6.07) is 4.43. The van der Waals surface area contributed by atoms with Gasteiger partial charge in [0.2, 0.25) is 5.91 Å². The Morgan fingerprint density at radius 1 is 1.44 bits per heavy atom. The first-order chi connectivity index (χ1) is 8.50. The van der Waals surface area contributed by atoms with Crippen LogP contribution in [0.4, 0.5) is 5.69 Å². The van der Waals surface area contributed by atoms with Gasteiger partial charge in [-0.1, -0.05) is 11.6 Å². The van der Waals surface area contributed by atoms with Gasteiger partial charge in [-0.15, -0.1) is 0 Å². The fourth-order valence-electron chi connectivity index (χ4n) is 1.42. The van der Waals surface area contributed by atoms with E-state index < -0.39 is 4.92 Å². The summed E-state index contributed by atoms with van der Waals surface area (Å²) in [5.41, 5.74) is 0.557. The van der Waals surface area contributed by atoms with Crippen molar-refractivity contribution in [3.05, 3.63) is 38.9 Å². The lowest BCUT2D eigenvalue weighted by atomic mass is 10.2. The molecular weight excluding hydrogens is 258 g/mol. The number of nitrogens with zero attached hydrogens (tertiary/aromatic N) is 1. The van der Waals surface area contributed by atoms with E-state index in [1.54, 1.807) is 6.07 Å². The Kier molecular flexibility index (Phi) is 5.54. The van der Waals surface area contributed by atoms with Crippen molar-refractivity contribution in [2.24, 2.45) is 0 Å². The highest BCUT2D eigenvalue weighted by Crippen LogP contribution is 2.22. The van der Waals surface area contributed by atoms with Crippen LogP contribution in [0.1, 0.15) is 12.5 Å². The summed E-state index contributed by atoms with van der Waals surface area (Å²) in [4.78, 5) is 21.0. The van der Waals surface area contributed by atoms with Crippen LogP contribution in [-0.2, 0) is 11.3 Å². The summed E-state index contributed by atoms with van der Waals surface area (Å²) in [5.74, 6) is -0.106. The zero-order chi connectivity index (χ0) is 13.5. The minimum atomic E-state index is -0.443. The highest BCUT2D eigenvalue weighted by molar-refractivity contribution is 6.30. The topological polar surface area (TPSA) is 84.3 Å². The molecule has 7 heteroatoms. The Balaban J connectivity index is 2.53. The SMILES string of the molecule is CC(=O)NCCNCc1cc(Cl)ccc1[N+](=O)[O-]. The number of carbonyl (C=O) groups is 1. The Morgan fingerprint density at radius 3 is 2.78 bits per heavy atom. The number of carbonyl (C=O) groups excluding carboxylic acids is 1. The van der Waals surface area contributed by atoms with Gasteiger partial charge in [-0.05, 0) is 12.1 Å². The van der Waals surface area contributed by atoms with Crippen LogP contribution in [0, 0.1) is 10.1 Å². The number of nitrogens with one attached hydrogen (secondary N) is 2. The maximum Gasteiger partial charge on any atom is 0.273 e. The predicted molar refractivity (Wildman–Crippen MR) is 68.5 cm³/mol. The van der Waals surface area contributed by atoms with Crippen LogP contribution in [0.15, 0.2) is 18.2 Å². The molecule has 0 heterocycles. The molecule has 1 aromatic rings. The van der Waals surface area contributed by atoms with Crippen molar-refractivity contribution in [1.29, 1.82) is 0 Å². The summed E-state index contributed by atoms with van der Waals surface area (Å²) >= 11 is 5.80. The summed E-state index contributed by atoms with van der Waals surface area (Å²) in [6.07, 6.45) is 0. The third kappa shape index (κ3) is 4.68. The average Bonchev–Trinajstić information content (AvgIpc) is 2.27. The summed E-state index contributed by atoms with van der Waals surface area (Å²) < 4.78 is 0. The second-order valence-electron chi connectivity index (χ2n) is 3.69. The predicted octanol–water partition coefficient (Wildman–Crippen LogP) is 1.47. The van der Waals surface area contributed by atoms with E-state index in [1.807, 2.05) is 0 Å². The van der Waals surface area contributed by atoms with E-state index in [0.717, 1.165) is 0 Å². The number of nitro groups is 1. The van der Waals surface area contributed by atoms with Crippen molar-refractivity contribution in [1.82, 2.24) is 10.6 Å². The molecule has 0 saturated carbocycles. The molecule has 0 saturated heterocycles. The van der Waals surface area contributed by atoms with Gasteiger partial charge in [0.1, 0.15) is 0 Å². The largest absolute Gasteiger partial charge is 0.355 e. The second kappa shape index (κ2) is 6.93. The standard InChI is InChI=1S/C11H14ClN3O3/c1-8(16)14-5-4-13-7-9-6-10(12)2-3-11(9)15(17)18/h2-3,6,13H,4-5,7H2,1H3,(H,14,16). The maximum absolute atomic E-state index is 10.8. The molecule has 0 aliphatic heterocycles. The average molecular weight is 272 g/mol. The molecule has 0 bridgehead atoms. The minimum absolute atomic E-state index is 0.0337. The van der Waals surface area contributed by atoms with Gasteiger partial charge in [0.25, 0.3) is 5.69 Å². The van der Waals surface area contributed by atoms with Gasteiger partial charge in [-0.2, -0.15) is 0 Å². The number of rotatable bonds is 6. The Morgan fingerprint density at radius 2 is 2.17 bits per heavy atom. The number of hydrogen-bond donors (Lipinski definition) is 2. The molecule has 0 unspecified atom stereocenters. The molecule has 2 N–H and O–H groups in total. The van der Waals surface area contributed by atoms with Gasteiger partial charge in [-0.3, -0.25) is 14.9 Å². The smallest absolute Gasteiger partial charge is 0.273 e. The van der Waals surface area contributed by atoms with E-state index in [9.17, 15) is 14.9 Å². The zero-order valence-corrected chi connectivity index (χ0v) is 10.7.